The third-order valence-electron chi connectivity index (χ3n) is 4.47. The number of benzene rings is 2. The Morgan fingerprint density at radius 3 is 2.41 bits per heavy atom. The first-order chi connectivity index (χ1) is 15.2. The van der Waals surface area contributed by atoms with Crippen molar-refractivity contribution in [3.63, 3.8) is 0 Å². The average molecular weight is 448 g/mol. The zero-order valence-corrected chi connectivity index (χ0v) is 17.1. The molecule has 0 fully saturated rings. The molecular formula is C22H18F4N3O3. The third-order valence-corrected chi connectivity index (χ3v) is 4.47. The molecule has 32 heavy (non-hydrogen) atoms. The minimum absolute atomic E-state index is 0.000823. The van der Waals surface area contributed by atoms with Gasteiger partial charge in [0, 0.05) is 24.6 Å². The van der Waals surface area contributed by atoms with Crippen molar-refractivity contribution < 1.29 is 27.2 Å². The first-order valence-electron chi connectivity index (χ1n) is 9.38. The zero-order valence-electron chi connectivity index (χ0n) is 17.1. The molecule has 6 nitrogen and oxygen atoms in total. The predicted molar refractivity (Wildman–Crippen MR) is 108 cm³/mol. The Labute approximate surface area is 181 Å². The van der Waals surface area contributed by atoms with Crippen LogP contribution in [0.4, 0.5) is 23.2 Å². The summed E-state index contributed by atoms with van der Waals surface area (Å²) in [5, 5.41) is 11.9. The van der Waals surface area contributed by atoms with Gasteiger partial charge in [0.15, 0.2) is 0 Å². The normalized spacial score (nSPS) is 11.2. The molecule has 0 saturated heterocycles. The highest BCUT2D eigenvalue weighted by Gasteiger charge is 2.25. The molecule has 167 valence electrons. The molecule has 0 N–H and O–H groups in total. The lowest BCUT2D eigenvalue weighted by molar-refractivity contribution is -0.385. The van der Waals surface area contributed by atoms with E-state index in [-0.39, 0.29) is 46.6 Å². The van der Waals surface area contributed by atoms with Gasteiger partial charge < -0.3 is 9.64 Å². The fourth-order valence-electron chi connectivity index (χ4n) is 3.24. The SMILES string of the molecule is CN(C)Cc1[c]c(Cc2c(F)cccc2F)cc(-c2cccc(OC(F)F)n2)c1[N+](=O)[O-]. The van der Waals surface area contributed by atoms with Crippen LogP contribution in [0.25, 0.3) is 11.3 Å². The smallest absolute Gasteiger partial charge is 0.388 e. The van der Waals surface area contributed by atoms with Crippen LogP contribution < -0.4 is 4.74 Å². The summed E-state index contributed by atoms with van der Waals surface area (Å²) in [6, 6.07) is 11.6. The molecule has 10 heteroatoms. The number of hydrogen-bond acceptors (Lipinski definition) is 5. The van der Waals surface area contributed by atoms with Gasteiger partial charge in [-0.3, -0.25) is 10.1 Å². The number of nitro benzene ring substituents is 1. The van der Waals surface area contributed by atoms with Crippen molar-refractivity contribution in [1.82, 2.24) is 9.88 Å². The first-order valence-corrected chi connectivity index (χ1v) is 9.38. The van der Waals surface area contributed by atoms with Gasteiger partial charge in [0.2, 0.25) is 5.88 Å². The number of pyridine rings is 1. The second-order valence-corrected chi connectivity index (χ2v) is 7.15. The van der Waals surface area contributed by atoms with Crippen LogP contribution in [0.1, 0.15) is 16.7 Å². The number of aromatic nitrogens is 1. The fraction of sp³-hybridized carbons (Fsp3) is 0.227. The maximum atomic E-state index is 14.2. The molecule has 0 amide bonds. The van der Waals surface area contributed by atoms with Crippen molar-refractivity contribution in [1.29, 1.82) is 0 Å². The highest BCUT2D eigenvalue weighted by molar-refractivity contribution is 5.74. The van der Waals surface area contributed by atoms with E-state index in [0.29, 0.717) is 0 Å². The van der Waals surface area contributed by atoms with Crippen LogP contribution in [0.5, 0.6) is 5.88 Å². The van der Waals surface area contributed by atoms with Crippen molar-refractivity contribution in [3.05, 3.63) is 87.0 Å². The van der Waals surface area contributed by atoms with E-state index >= 15 is 0 Å². The molecule has 0 atom stereocenters. The Bertz CT molecular complexity index is 1120. The Hall–Kier alpha value is -3.53. The second kappa shape index (κ2) is 9.73. The third kappa shape index (κ3) is 5.38. The highest BCUT2D eigenvalue weighted by atomic mass is 19.3. The number of ether oxygens (including phenoxy) is 1. The largest absolute Gasteiger partial charge is 0.417 e. The van der Waals surface area contributed by atoms with E-state index in [9.17, 15) is 27.7 Å². The summed E-state index contributed by atoms with van der Waals surface area (Å²) in [6.07, 6.45) is -0.225. The van der Waals surface area contributed by atoms with Gasteiger partial charge in [-0.2, -0.15) is 8.78 Å². The van der Waals surface area contributed by atoms with Crippen LogP contribution in [0.15, 0.2) is 42.5 Å². The van der Waals surface area contributed by atoms with Crippen LogP contribution in [0, 0.1) is 27.8 Å². The van der Waals surface area contributed by atoms with E-state index in [1.54, 1.807) is 19.0 Å². The minimum atomic E-state index is -3.12. The van der Waals surface area contributed by atoms with Crippen molar-refractivity contribution >= 4 is 5.69 Å². The summed E-state index contributed by atoms with van der Waals surface area (Å²) in [6.45, 7) is -3.02. The van der Waals surface area contributed by atoms with E-state index < -0.39 is 29.0 Å². The summed E-state index contributed by atoms with van der Waals surface area (Å²) in [4.78, 5) is 16.9. The summed E-state index contributed by atoms with van der Waals surface area (Å²) in [7, 11) is 3.38. The molecule has 0 spiro atoms. The molecule has 1 radical (unpaired) electrons. The molecule has 0 aliphatic carbocycles. The molecule has 0 bridgehead atoms. The highest BCUT2D eigenvalue weighted by Crippen LogP contribution is 2.35. The van der Waals surface area contributed by atoms with Gasteiger partial charge in [0.25, 0.3) is 5.69 Å². The average Bonchev–Trinajstić information content (AvgIpc) is 2.69. The molecule has 3 aromatic rings. The molecule has 0 unspecified atom stereocenters. The number of hydrogen-bond donors (Lipinski definition) is 0. The Morgan fingerprint density at radius 2 is 1.81 bits per heavy atom. The maximum Gasteiger partial charge on any atom is 0.388 e. The number of nitro groups is 1. The quantitative estimate of drug-likeness (QED) is 0.276. The lowest BCUT2D eigenvalue weighted by atomic mass is 9.95. The van der Waals surface area contributed by atoms with Crippen molar-refractivity contribution in [2.45, 2.75) is 19.6 Å². The van der Waals surface area contributed by atoms with E-state index in [1.165, 1.54) is 30.3 Å². The molecule has 0 aliphatic rings. The fourth-order valence-corrected chi connectivity index (χ4v) is 3.24. The number of rotatable bonds is 8. The Balaban J connectivity index is 2.20. The van der Waals surface area contributed by atoms with Gasteiger partial charge in [-0.05, 0) is 50.0 Å². The molecule has 2 aromatic carbocycles. The molecule has 1 heterocycles. The van der Waals surface area contributed by atoms with Crippen LogP contribution in [-0.4, -0.2) is 35.5 Å². The minimum Gasteiger partial charge on any atom is -0.417 e. The molecule has 3 rings (SSSR count). The van der Waals surface area contributed by atoms with Gasteiger partial charge in [0.1, 0.15) is 11.6 Å². The molecule has 0 saturated carbocycles. The van der Waals surface area contributed by atoms with E-state index in [0.717, 1.165) is 12.1 Å². The monoisotopic (exact) mass is 448 g/mol. The first kappa shape index (κ1) is 23.1. The summed E-state index contributed by atoms with van der Waals surface area (Å²) < 4.78 is 57.9. The Morgan fingerprint density at radius 1 is 1.16 bits per heavy atom. The van der Waals surface area contributed by atoms with Crippen molar-refractivity contribution in [3.8, 4) is 17.1 Å². The Kier molecular flexibility index (Phi) is 7.04. The standard InChI is InChI=1S/C22H18F4N3O3/c1-28(2)12-14-9-13(10-15-17(23)5-3-6-18(15)24)11-16(21(14)29(30)31)19-7-4-8-20(27-19)32-22(25)26/h3-8,11,22H,10,12H2,1-2H3. The molecular weight excluding hydrogens is 430 g/mol. The van der Waals surface area contributed by atoms with E-state index in [4.69, 9.17) is 0 Å². The van der Waals surface area contributed by atoms with Crippen LogP contribution in [-0.2, 0) is 13.0 Å². The maximum absolute atomic E-state index is 14.2. The number of alkyl halides is 2. The van der Waals surface area contributed by atoms with E-state index in [2.05, 4.69) is 15.8 Å². The lowest BCUT2D eigenvalue weighted by Crippen LogP contribution is -2.14. The second-order valence-electron chi connectivity index (χ2n) is 7.15. The summed E-state index contributed by atoms with van der Waals surface area (Å²) >= 11 is 0. The van der Waals surface area contributed by atoms with Gasteiger partial charge in [0.05, 0.1) is 21.7 Å². The van der Waals surface area contributed by atoms with Gasteiger partial charge >= 0.3 is 6.61 Å². The topological polar surface area (TPSA) is 68.5 Å². The van der Waals surface area contributed by atoms with Crippen LogP contribution in [0.2, 0.25) is 0 Å². The summed E-state index contributed by atoms with van der Waals surface area (Å²) in [5.74, 6) is -1.95. The molecule has 0 aliphatic heterocycles. The lowest BCUT2D eigenvalue weighted by Gasteiger charge is -2.15. The summed E-state index contributed by atoms with van der Waals surface area (Å²) in [5.41, 5.74) is -0.129. The predicted octanol–water partition coefficient (Wildman–Crippen LogP) is 4.99. The van der Waals surface area contributed by atoms with Gasteiger partial charge in [-0.15, -0.1) is 0 Å². The van der Waals surface area contributed by atoms with Crippen LogP contribution in [0.3, 0.4) is 0 Å². The van der Waals surface area contributed by atoms with Gasteiger partial charge in [-0.1, -0.05) is 12.1 Å². The molecule has 1 aromatic heterocycles. The number of nitrogens with zero attached hydrogens (tertiary/aromatic N) is 3. The van der Waals surface area contributed by atoms with Gasteiger partial charge in [-0.25, -0.2) is 13.8 Å². The van der Waals surface area contributed by atoms with Crippen LogP contribution >= 0.6 is 0 Å². The number of halogens is 4. The van der Waals surface area contributed by atoms with Crippen molar-refractivity contribution in [2.24, 2.45) is 0 Å². The van der Waals surface area contributed by atoms with Crippen molar-refractivity contribution in [2.75, 3.05) is 14.1 Å². The van der Waals surface area contributed by atoms with E-state index in [1.807, 2.05) is 0 Å². The zero-order chi connectivity index (χ0) is 23.4.